The number of anilines is 1. The maximum absolute atomic E-state index is 10.8. The van der Waals surface area contributed by atoms with Gasteiger partial charge in [-0.15, -0.1) is 0 Å². The van der Waals surface area contributed by atoms with E-state index < -0.39 is 5.97 Å². The van der Waals surface area contributed by atoms with Gasteiger partial charge in [0.15, 0.2) is 5.69 Å². The molecule has 0 spiro atoms. The molecule has 0 unspecified atom stereocenters. The summed E-state index contributed by atoms with van der Waals surface area (Å²) >= 11 is 0. The summed E-state index contributed by atoms with van der Waals surface area (Å²) in [6.07, 6.45) is 6.94. The predicted molar refractivity (Wildman–Crippen MR) is 65.5 cm³/mol. The number of carboxylic acid groups (broad SMARTS) is 1. The van der Waals surface area contributed by atoms with E-state index in [0.29, 0.717) is 12.4 Å². The highest BCUT2D eigenvalue weighted by atomic mass is 16.4. The van der Waals surface area contributed by atoms with E-state index in [0.717, 1.165) is 25.7 Å². The van der Waals surface area contributed by atoms with Crippen LogP contribution < -0.4 is 5.32 Å². The first-order valence-electron chi connectivity index (χ1n) is 6.05. The fourth-order valence-corrected chi connectivity index (χ4v) is 2.35. The van der Waals surface area contributed by atoms with E-state index in [-0.39, 0.29) is 17.7 Å². The van der Waals surface area contributed by atoms with E-state index >= 15 is 0 Å². The smallest absolute Gasteiger partial charge is 0.356 e. The molecule has 3 N–H and O–H groups in total. The molecule has 0 saturated heterocycles. The number of hydrogen-bond acceptors (Lipinski definition) is 5. The largest absolute Gasteiger partial charge is 0.476 e. The van der Waals surface area contributed by atoms with E-state index in [4.69, 9.17) is 5.11 Å². The van der Waals surface area contributed by atoms with Gasteiger partial charge in [-0.05, 0) is 12.8 Å². The first kappa shape index (κ1) is 12.8. The summed E-state index contributed by atoms with van der Waals surface area (Å²) in [5, 5.41) is 21.4. The second-order valence-corrected chi connectivity index (χ2v) is 4.81. The van der Waals surface area contributed by atoms with Crippen LogP contribution in [0.2, 0.25) is 0 Å². The number of carbonyl (C=O) groups is 1. The van der Waals surface area contributed by atoms with Gasteiger partial charge >= 0.3 is 5.97 Å². The van der Waals surface area contributed by atoms with Crippen molar-refractivity contribution in [3.63, 3.8) is 0 Å². The molecule has 1 aromatic rings. The summed E-state index contributed by atoms with van der Waals surface area (Å²) < 4.78 is 0. The van der Waals surface area contributed by atoms with Crippen LogP contribution in [-0.4, -0.2) is 39.3 Å². The highest BCUT2D eigenvalue weighted by molar-refractivity contribution is 5.85. The quantitative estimate of drug-likeness (QED) is 0.726. The molecule has 6 heteroatoms. The van der Waals surface area contributed by atoms with Gasteiger partial charge in [-0.1, -0.05) is 12.8 Å². The Labute approximate surface area is 105 Å². The lowest BCUT2D eigenvalue weighted by Gasteiger charge is -2.26. The fraction of sp³-hybridized carbons (Fsp3) is 0.583. The van der Waals surface area contributed by atoms with Crippen LogP contribution in [0.4, 0.5) is 5.82 Å². The number of aromatic nitrogens is 2. The van der Waals surface area contributed by atoms with Gasteiger partial charge in [0, 0.05) is 12.0 Å². The van der Waals surface area contributed by atoms with Crippen LogP contribution in [0.1, 0.15) is 36.2 Å². The van der Waals surface area contributed by atoms with Gasteiger partial charge in [0.25, 0.3) is 0 Å². The van der Waals surface area contributed by atoms with E-state index in [9.17, 15) is 9.90 Å². The molecule has 1 aliphatic carbocycles. The summed E-state index contributed by atoms with van der Waals surface area (Å²) in [4.78, 5) is 18.5. The SMILES string of the molecule is O=C(O)c1cncc(NCC2(CO)CCCC2)n1. The topological polar surface area (TPSA) is 95.3 Å². The number of rotatable bonds is 5. The lowest BCUT2D eigenvalue weighted by molar-refractivity contribution is 0.0690. The molecule has 1 saturated carbocycles. The first-order chi connectivity index (χ1) is 8.65. The molecule has 0 aromatic carbocycles. The van der Waals surface area contributed by atoms with Gasteiger partial charge in [-0.25, -0.2) is 9.78 Å². The molecule has 18 heavy (non-hydrogen) atoms. The van der Waals surface area contributed by atoms with Gasteiger partial charge in [0.1, 0.15) is 5.82 Å². The average molecular weight is 251 g/mol. The maximum atomic E-state index is 10.8. The number of carboxylic acids is 1. The van der Waals surface area contributed by atoms with Gasteiger partial charge in [0.2, 0.25) is 0 Å². The Morgan fingerprint density at radius 1 is 1.39 bits per heavy atom. The first-order valence-corrected chi connectivity index (χ1v) is 6.05. The van der Waals surface area contributed by atoms with Crippen molar-refractivity contribution in [3.8, 4) is 0 Å². The molecule has 0 bridgehead atoms. The molecular formula is C12H17N3O3. The Kier molecular flexibility index (Phi) is 3.76. The molecule has 1 fully saturated rings. The molecule has 6 nitrogen and oxygen atoms in total. The highest BCUT2D eigenvalue weighted by Crippen LogP contribution is 2.37. The number of nitrogens with zero attached hydrogens (tertiary/aromatic N) is 2. The maximum Gasteiger partial charge on any atom is 0.356 e. The molecular weight excluding hydrogens is 234 g/mol. The molecule has 1 aliphatic rings. The van der Waals surface area contributed by atoms with Crippen molar-refractivity contribution in [1.29, 1.82) is 0 Å². The fourth-order valence-electron chi connectivity index (χ4n) is 2.35. The molecule has 0 aliphatic heterocycles. The van der Waals surface area contributed by atoms with Crippen LogP contribution in [0, 0.1) is 5.41 Å². The lowest BCUT2D eigenvalue weighted by Crippen LogP contribution is -2.30. The van der Waals surface area contributed by atoms with E-state index in [1.54, 1.807) is 0 Å². The monoisotopic (exact) mass is 251 g/mol. The predicted octanol–water partition coefficient (Wildman–Crippen LogP) is 1.14. The normalized spacial score (nSPS) is 17.6. The van der Waals surface area contributed by atoms with Gasteiger partial charge in [-0.3, -0.25) is 4.98 Å². The van der Waals surface area contributed by atoms with Crippen molar-refractivity contribution in [1.82, 2.24) is 9.97 Å². The molecule has 1 aromatic heterocycles. The van der Waals surface area contributed by atoms with Crippen LogP contribution in [0.5, 0.6) is 0 Å². The van der Waals surface area contributed by atoms with Crippen molar-refractivity contribution in [2.24, 2.45) is 5.41 Å². The molecule has 2 rings (SSSR count). The zero-order valence-electron chi connectivity index (χ0n) is 10.1. The van der Waals surface area contributed by atoms with Crippen molar-refractivity contribution in [2.75, 3.05) is 18.5 Å². The second kappa shape index (κ2) is 5.30. The minimum atomic E-state index is -1.09. The lowest BCUT2D eigenvalue weighted by atomic mass is 9.87. The van der Waals surface area contributed by atoms with Crippen LogP contribution >= 0.6 is 0 Å². The summed E-state index contributed by atoms with van der Waals surface area (Å²) in [5.41, 5.74) is -0.176. The van der Waals surface area contributed by atoms with Gasteiger partial charge < -0.3 is 15.5 Å². The van der Waals surface area contributed by atoms with Crippen LogP contribution in [-0.2, 0) is 0 Å². The summed E-state index contributed by atoms with van der Waals surface area (Å²) in [7, 11) is 0. The Morgan fingerprint density at radius 2 is 2.11 bits per heavy atom. The van der Waals surface area contributed by atoms with Crippen LogP contribution in [0.3, 0.4) is 0 Å². The second-order valence-electron chi connectivity index (χ2n) is 4.81. The van der Waals surface area contributed by atoms with Crippen LogP contribution in [0.15, 0.2) is 12.4 Å². The number of aliphatic hydroxyl groups is 1. The average Bonchev–Trinajstić information content (AvgIpc) is 2.86. The Morgan fingerprint density at radius 3 is 2.72 bits per heavy atom. The van der Waals surface area contributed by atoms with Crippen LogP contribution in [0.25, 0.3) is 0 Å². The zero-order chi connectivity index (χ0) is 13.0. The standard InChI is InChI=1S/C12H17N3O3/c16-8-12(3-1-2-4-12)7-14-10-6-13-5-9(15-10)11(17)18/h5-6,16H,1-4,7-8H2,(H,14,15)(H,17,18). The summed E-state index contributed by atoms with van der Waals surface area (Å²) in [6, 6.07) is 0. The summed E-state index contributed by atoms with van der Waals surface area (Å²) in [6.45, 7) is 0.743. The molecule has 0 atom stereocenters. The Hall–Kier alpha value is -1.69. The molecule has 1 heterocycles. The van der Waals surface area contributed by atoms with E-state index in [1.807, 2.05) is 0 Å². The zero-order valence-corrected chi connectivity index (χ0v) is 10.1. The van der Waals surface area contributed by atoms with E-state index in [1.165, 1.54) is 12.4 Å². The summed E-state index contributed by atoms with van der Waals surface area (Å²) in [5.74, 6) is -0.654. The number of nitrogens with one attached hydrogen (secondary N) is 1. The highest BCUT2D eigenvalue weighted by Gasteiger charge is 2.33. The van der Waals surface area contributed by atoms with Crippen molar-refractivity contribution >= 4 is 11.8 Å². The minimum absolute atomic E-state index is 0.0792. The third-order valence-electron chi connectivity index (χ3n) is 3.50. The van der Waals surface area contributed by atoms with Gasteiger partial charge in [0.05, 0.1) is 19.0 Å². The van der Waals surface area contributed by atoms with Crippen molar-refractivity contribution < 1.29 is 15.0 Å². The molecule has 98 valence electrons. The molecule has 0 radical (unpaired) electrons. The third kappa shape index (κ3) is 2.76. The Balaban J connectivity index is 2.01. The number of hydrogen-bond donors (Lipinski definition) is 3. The Bertz CT molecular complexity index is 430. The van der Waals surface area contributed by atoms with Gasteiger partial charge in [-0.2, -0.15) is 0 Å². The third-order valence-corrected chi connectivity index (χ3v) is 3.50. The number of aromatic carboxylic acids is 1. The van der Waals surface area contributed by atoms with Crippen molar-refractivity contribution in [3.05, 3.63) is 18.1 Å². The minimum Gasteiger partial charge on any atom is -0.476 e. The number of aliphatic hydroxyl groups excluding tert-OH is 1. The molecule has 0 amide bonds. The van der Waals surface area contributed by atoms with Crippen molar-refractivity contribution in [2.45, 2.75) is 25.7 Å². The van der Waals surface area contributed by atoms with E-state index in [2.05, 4.69) is 15.3 Å².